The van der Waals surface area contributed by atoms with Crippen molar-refractivity contribution < 1.29 is 0 Å². The van der Waals surface area contributed by atoms with Gasteiger partial charge < -0.3 is 0 Å². The van der Waals surface area contributed by atoms with Gasteiger partial charge in [0.25, 0.3) is 0 Å². The molecule has 0 aliphatic carbocycles. The van der Waals surface area contributed by atoms with Crippen molar-refractivity contribution in [3.63, 3.8) is 0 Å². The molecule has 1 atom stereocenters. The summed E-state index contributed by atoms with van der Waals surface area (Å²) in [7, 11) is 2.22. The Hall–Kier alpha value is 0.660. The molecule has 1 unspecified atom stereocenters. The second-order valence-electron chi connectivity index (χ2n) is 2.27. The molecule has 8 heavy (non-hydrogen) atoms. The Bertz CT molecular complexity index is 111. The van der Waals surface area contributed by atoms with Crippen LogP contribution in [-0.4, -0.2) is 34.2 Å². The van der Waals surface area contributed by atoms with Crippen LogP contribution < -0.4 is 0 Å². The molecule has 0 saturated carbocycles. The van der Waals surface area contributed by atoms with Crippen LogP contribution in [0.25, 0.3) is 0 Å². The van der Waals surface area contributed by atoms with Crippen molar-refractivity contribution in [2.45, 2.75) is 4.20 Å². The highest BCUT2D eigenvalue weighted by Gasteiger charge is 2.51. The third-order valence-corrected chi connectivity index (χ3v) is 5.03. The van der Waals surface area contributed by atoms with E-state index in [-0.39, 0.29) is 0 Å². The Kier molecular flexibility index (Phi) is 1.08. The van der Waals surface area contributed by atoms with Crippen molar-refractivity contribution in [1.29, 1.82) is 0 Å². The Labute approximate surface area is 58.2 Å². The van der Waals surface area contributed by atoms with E-state index in [2.05, 4.69) is 35.5 Å². The van der Waals surface area contributed by atoms with Crippen LogP contribution in [0.3, 0.4) is 0 Å². The average Bonchev–Trinajstić information content (AvgIpc) is 2.39. The van der Waals surface area contributed by atoms with Crippen molar-refractivity contribution in [2.75, 3.05) is 25.1 Å². The van der Waals surface area contributed by atoms with Gasteiger partial charge in [0.15, 0.2) is 0 Å². The van der Waals surface area contributed by atoms with Crippen LogP contribution in [-0.2, 0) is 0 Å². The smallest absolute Gasteiger partial charge is 0.123 e. The van der Waals surface area contributed by atoms with Crippen molar-refractivity contribution in [1.82, 2.24) is 4.90 Å². The number of hydrogen-bond donors (Lipinski definition) is 0. The molecule has 0 aromatic heterocycles. The number of thioether (sulfide) groups is 2. The second kappa shape index (κ2) is 1.58. The first-order valence-corrected chi connectivity index (χ1v) is 4.80. The molecule has 0 aromatic rings. The Morgan fingerprint density at radius 3 is 2.50 bits per heavy atom. The zero-order chi connectivity index (χ0) is 5.61. The number of nitrogens with zero attached hydrogens (tertiary/aromatic N) is 1. The van der Waals surface area contributed by atoms with Gasteiger partial charge >= 0.3 is 0 Å². The first-order valence-electron chi connectivity index (χ1n) is 2.83. The zero-order valence-corrected chi connectivity index (χ0v) is 6.52. The van der Waals surface area contributed by atoms with Crippen molar-refractivity contribution in [2.24, 2.45) is 0 Å². The minimum atomic E-state index is 0.569. The Balaban J connectivity index is 2.12. The summed E-state index contributed by atoms with van der Waals surface area (Å²) in [6.07, 6.45) is 0. The summed E-state index contributed by atoms with van der Waals surface area (Å²) in [6.45, 7) is 1.29. The van der Waals surface area contributed by atoms with E-state index in [1.165, 1.54) is 18.1 Å². The van der Waals surface area contributed by atoms with Gasteiger partial charge in [-0.3, -0.25) is 4.90 Å². The Morgan fingerprint density at radius 2 is 2.25 bits per heavy atom. The molecule has 3 heteroatoms. The molecule has 2 aliphatic heterocycles. The molecule has 2 rings (SSSR count). The molecule has 1 nitrogen and oxygen atoms in total. The fourth-order valence-corrected chi connectivity index (χ4v) is 3.73. The molecule has 1 spiro atoms. The summed E-state index contributed by atoms with van der Waals surface area (Å²) in [5.41, 5.74) is 0. The van der Waals surface area contributed by atoms with E-state index in [1.54, 1.807) is 0 Å². The summed E-state index contributed by atoms with van der Waals surface area (Å²) in [5.74, 6) is 2.69. The lowest BCUT2D eigenvalue weighted by atomic mass is 10.6. The minimum absolute atomic E-state index is 0.569. The second-order valence-corrected chi connectivity index (χ2v) is 5.15. The van der Waals surface area contributed by atoms with Gasteiger partial charge in [-0.15, -0.1) is 23.5 Å². The van der Waals surface area contributed by atoms with Crippen LogP contribution in [0.15, 0.2) is 0 Å². The maximum Gasteiger partial charge on any atom is 0.123 e. The van der Waals surface area contributed by atoms with Gasteiger partial charge in [-0.1, -0.05) is 0 Å². The minimum Gasteiger partial charge on any atom is -0.282 e. The van der Waals surface area contributed by atoms with Crippen LogP contribution >= 0.6 is 23.5 Å². The topological polar surface area (TPSA) is 3.24 Å². The maximum atomic E-state index is 2.46. The van der Waals surface area contributed by atoms with Crippen molar-refractivity contribution in [3.05, 3.63) is 0 Å². The molecule has 0 aromatic carbocycles. The first kappa shape index (κ1) is 5.45. The van der Waals surface area contributed by atoms with Gasteiger partial charge in [0.1, 0.15) is 4.20 Å². The van der Waals surface area contributed by atoms with E-state index >= 15 is 0 Å². The third-order valence-electron chi connectivity index (χ3n) is 1.73. The molecule has 2 fully saturated rings. The van der Waals surface area contributed by atoms with Crippen LogP contribution in [0.4, 0.5) is 0 Å². The Morgan fingerprint density at radius 1 is 1.50 bits per heavy atom. The number of rotatable bonds is 0. The predicted octanol–water partition coefficient (Wildman–Crippen LogP) is 1.07. The average molecular weight is 147 g/mol. The SMILES string of the molecule is CN1CCSC12CS2. The molecule has 0 amide bonds. The van der Waals surface area contributed by atoms with Gasteiger partial charge in [-0.05, 0) is 7.05 Å². The fraction of sp³-hybridized carbons (Fsp3) is 1.00. The van der Waals surface area contributed by atoms with Gasteiger partial charge in [0, 0.05) is 18.1 Å². The first-order chi connectivity index (χ1) is 3.83. The van der Waals surface area contributed by atoms with E-state index in [1.807, 2.05) is 0 Å². The summed E-state index contributed by atoms with van der Waals surface area (Å²) < 4.78 is 0.569. The van der Waals surface area contributed by atoms with Crippen molar-refractivity contribution in [3.8, 4) is 0 Å². The molecule has 0 bridgehead atoms. The van der Waals surface area contributed by atoms with E-state index in [0.29, 0.717) is 4.20 Å². The predicted molar refractivity (Wildman–Crippen MR) is 40.3 cm³/mol. The summed E-state index contributed by atoms with van der Waals surface area (Å²) >= 11 is 4.18. The highest BCUT2D eigenvalue weighted by atomic mass is 32.2. The van der Waals surface area contributed by atoms with Crippen LogP contribution in [0, 0.1) is 0 Å². The highest BCUT2D eigenvalue weighted by molar-refractivity contribution is 8.24. The largest absolute Gasteiger partial charge is 0.282 e. The normalized spacial score (nSPS) is 46.1. The van der Waals surface area contributed by atoms with Crippen LogP contribution in [0.2, 0.25) is 0 Å². The lowest BCUT2D eigenvalue weighted by molar-refractivity contribution is 0.368. The van der Waals surface area contributed by atoms with Crippen LogP contribution in [0.5, 0.6) is 0 Å². The van der Waals surface area contributed by atoms with E-state index in [4.69, 9.17) is 0 Å². The zero-order valence-electron chi connectivity index (χ0n) is 4.89. The molecule has 2 aliphatic rings. The number of hydrogen-bond acceptors (Lipinski definition) is 3. The standard InChI is InChI=1S/C5H9NS2/c1-6-2-3-7-5(6)4-8-5/h2-4H2,1H3. The van der Waals surface area contributed by atoms with Crippen molar-refractivity contribution >= 4 is 23.5 Å². The summed E-state index contributed by atoms with van der Waals surface area (Å²) in [5, 5.41) is 0. The third kappa shape index (κ3) is 0.613. The van der Waals surface area contributed by atoms with E-state index in [9.17, 15) is 0 Å². The van der Waals surface area contributed by atoms with Gasteiger partial charge in [-0.25, -0.2) is 0 Å². The quantitative estimate of drug-likeness (QED) is 0.472. The molecule has 2 heterocycles. The fourth-order valence-electron chi connectivity index (χ4n) is 0.988. The van der Waals surface area contributed by atoms with Gasteiger partial charge in [0.05, 0.1) is 0 Å². The molecule has 2 saturated heterocycles. The highest BCUT2D eigenvalue weighted by Crippen LogP contribution is 2.58. The van der Waals surface area contributed by atoms with E-state index in [0.717, 1.165) is 0 Å². The molecular weight excluding hydrogens is 138 g/mol. The lowest BCUT2D eigenvalue weighted by Crippen LogP contribution is -2.24. The summed E-state index contributed by atoms with van der Waals surface area (Å²) in [4.78, 5) is 2.46. The van der Waals surface area contributed by atoms with Gasteiger partial charge in [0.2, 0.25) is 0 Å². The monoisotopic (exact) mass is 147 g/mol. The summed E-state index contributed by atoms with van der Waals surface area (Å²) in [6, 6.07) is 0. The lowest BCUT2D eigenvalue weighted by Gasteiger charge is -2.13. The van der Waals surface area contributed by atoms with Crippen LogP contribution in [0.1, 0.15) is 0 Å². The molecule has 0 radical (unpaired) electrons. The molecule has 0 N–H and O–H groups in total. The molecule has 46 valence electrons. The molecular formula is C5H9NS2. The van der Waals surface area contributed by atoms with Gasteiger partial charge in [-0.2, -0.15) is 0 Å². The maximum absolute atomic E-state index is 2.46. The van der Waals surface area contributed by atoms with E-state index < -0.39 is 0 Å².